The maximum atomic E-state index is 5.32. The molecule has 0 bridgehead atoms. The second kappa shape index (κ2) is 16.5. The average Bonchev–Trinajstić information content (AvgIpc) is 3.93. The van der Waals surface area contributed by atoms with E-state index in [1.807, 2.05) is 121 Å². The van der Waals surface area contributed by atoms with E-state index >= 15 is 0 Å². The highest BCUT2D eigenvalue weighted by Crippen LogP contribution is 2.50. The molecular weight excluding hydrogens is 809 g/mol. The van der Waals surface area contributed by atoms with Crippen LogP contribution in [0.1, 0.15) is 0 Å². The molecule has 66 heavy (non-hydrogen) atoms. The van der Waals surface area contributed by atoms with Crippen LogP contribution in [-0.4, -0.2) is 39.0 Å². The fraction of sp³-hybridized carbons (Fsp3) is 0. The van der Waals surface area contributed by atoms with Crippen LogP contribution in [0.25, 0.3) is 113 Å². The summed E-state index contributed by atoms with van der Waals surface area (Å²) in [5.41, 5.74) is 11.4. The summed E-state index contributed by atoms with van der Waals surface area (Å²) in [5.74, 6) is 3.34. The van der Waals surface area contributed by atoms with E-state index in [2.05, 4.69) is 118 Å². The average molecular weight is 847 g/mol. The van der Waals surface area contributed by atoms with Gasteiger partial charge in [0.2, 0.25) is 11.9 Å². The molecule has 0 fully saturated rings. The van der Waals surface area contributed by atoms with Crippen LogP contribution >= 0.6 is 0 Å². The molecule has 0 N–H and O–H groups in total. The van der Waals surface area contributed by atoms with Gasteiger partial charge in [-0.2, -0.15) is 19.9 Å². The zero-order chi connectivity index (χ0) is 43.8. The van der Waals surface area contributed by atoms with Crippen molar-refractivity contribution in [3.63, 3.8) is 0 Å². The fourth-order valence-electron chi connectivity index (χ4n) is 8.94. The lowest BCUT2D eigenvalue weighted by molar-refractivity contribution is 0.936. The zero-order valence-electron chi connectivity index (χ0n) is 35.5. The minimum Gasteiger partial charge on any atom is -0.277 e. The van der Waals surface area contributed by atoms with E-state index in [0.717, 1.165) is 77.7 Å². The van der Waals surface area contributed by atoms with E-state index in [9.17, 15) is 0 Å². The molecule has 0 unspecified atom stereocenters. The number of hydrogen-bond donors (Lipinski definition) is 0. The quantitative estimate of drug-likeness (QED) is 0.144. The van der Waals surface area contributed by atoms with Crippen LogP contribution < -0.4 is 0 Å². The molecule has 0 aliphatic heterocycles. The van der Waals surface area contributed by atoms with Gasteiger partial charge in [-0.15, -0.1) is 0 Å². The van der Waals surface area contributed by atoms with Crippen molar-refractivity contribution in [2.45, 2.75) is 0 Å². The number of para-hydroxylation sites is 2. The highest BCUT2D eigenvalue weighted by molar-refractivity contribution is 6.16. The minimum absolute atomic E-state index is 0.506. The Morgan fingerprint density at radius 3 is 0.758 bits per heavy atom. The molecule has 4 aromatic heterocycles. The normalized spacial score (nSPS) is 11.3. The fourth-order valence-corrected chi connectivity index (χ4v) is 8.94. The number of aromatic nitrogens is 8. The third-order valence-corrected chi connectivity index (χ3v) is 11.9. The summed E-state index contributed by atoms with van der Waals surface area (Å²) in [6.45, 7) is 0. The molecule has 0 saturated heterocycles. The molecule has 0 radical (unpaired) electrons. The molecule has 0 atom stereocenters. The third kappa shape index (κ3) is 6.81. The van der Waals surface area contributed by atoms with E-state index in [4.69, 9.17) is 29.9 Å². The molecule has 310 valence electrons. The van der Waals surface area contributed by atoms with Crippen LogP contribution in [0.3, 0.4) is 0 Å². The Bertz CT molecular complexity index is 3310. The van der Waals surface area contributed by atoms with Crippen molar-refractivity contribution < 1.29 is 0 Å². The maximum absolute atomic E-state index is 5.32. The van der Waals surface area contributed by atoms with Crippen molar-refractivity contribution in [2.24, 2.45) is 0 Å². The molecule has 0 spiro atoms. The van der Waals surface area contributed by atoms with Gasteiger partial charge in [-0.05, 0) is 23.3 Å². The van der Waals surface area contributed by atoms with Crippen molar-refractivity contribution in [2.75, 3.05) is 0 Å². The summed E-state index contributed by atoms with van der Waals surface area (Å²) in [4.78, 5) is 31.5. The van der Waals surface area contributed by atoms with Gasteiger partial charge in [0, 0.05) is 44.2 Å². The first-order valence-corrected chi connectivity index (χ1v) is 21.9. The molecule has 0 aliphatic carbocycles. The van der Waals surface area contributed by atoms with Gasteiger partial charge in [-0.25, -0.2) is 9.97 Å². The second-order valence-corrected chi connectivity index (χ2v) is 15.9. The molecule has 12 rings (SSSR count). The lowest BCUT2D eigenvalue weighted by Gasteiger charge is -2.16. The highest BCUT2D eigenvalue weighted by atomic mass is 15.2. The standard InChI is InChI=1S/C58H38N8/c1-7-23-39(24-8-1)51-49(45-35-19-21-37-47(45)65(51)57-61-53(41-27-11-3-12-28-41)59-54(62-57)42-29-13-4-14-30-42)50-46-36-20-22-38-48(46)66(52(50)40-25-9-2-10-26-40)58-63-55(43-31-15-5-16-32-43)60-56(64-58)44-33-17-6-18-34-44/h1-38H. The topological polar surface area (TPSA) is 87.2 Å². The minimum atomic E-state index is 0.506. The monoisotopic (exact) mass is 846 g/mol. The molecule has 0 amide bonds. The first-order chi connectivity index (χ1) is 32.8. The summed E-state index contributed by atoms with van der Waals surface area (Å²) in [6, 6.07) is 78.7. The SMILES string of the molecule is c1ccc(-c2nc(-c3ccccc3)nc(-n3c(-c4ccccc4)c(-c4c(-c5ccccc5)n(-c5nc(-c6ccccc6)nc(-c6ccccc6)n5)c5ccccc45)c4ccccc43)n2)cc1. The largest absolute Gasteiger partial charge is 0.277 e. The van der Waals surface area contributed by atoms with Crippen molar-refractivity contribution in [3.05, 3.63) is 231 Å². The molecule has 8 nitrogen and oxygen atoms in total. The van der Waals surface area contributed by atoms with Crippen LogP contribution in [0.2, 0.25) is 0 Å². The van der Waals surface area contributed by atoms with Crippen molar-refractivity contribution in [1.82, 2.24) is 39.0 Å². The Labute approximate surface area is 380 Å². The van der Waals surface area contributed by atoms with E-state index in [1.54, 1.807) is 0 Å². The van der Waals surface area contributed by atoms with Crippen LogP contribution in [-0.2, 0) is 0 Å². The second-order valence-electron chi connectivity index (χ2n) is 15.9. The van der Waals surface area contributed by atoms with Gasteiger partial charge >= 0.3 is 0 Å². The molecular formula is C58H38N8. The van der Waals surface area contributed by atoms with Crippen LogP contribution in [0.4, 0.5) is 0 Å². The Morgan fingerprint density at radius 2 is 0.470 bits per heavy atom. The third-order valence-electron chi connectivity index (χ3n) is 11.9. The summed E-state index contributed by atoms with van der Waals surface area (Å²) in [7, 11) is 0. The van der Waals surface area contributed by atoms with Crippen LogP contribution in [0, 0.1) is 0 Å². The van der Waals surface area contributed by atoms with Gasteiger partial charge in [0.05, 0.1) is 22.4 Å². The summed E-state index contributed by atoms with van der Waals surface area (Å²) in [5, 5.41) is 2.06. The first kappa shape index (κ1) is 38.5. The number of nitrogens with zero attached hydrogens (tertiary/aromatic N) is 8. The predicted molar refractivity (Wildman–Crippen MR) is 265 cm³/mol. The van der Waals surface area contributed by atoms with Gasteiger partial charge in [0.25, 0.3) is 0 Å². The van der Waals surface area contributed by atoms with Crippen LogP contribution in [0.15, 0.2) is 231 Å². The Morgan fingerprint density at radius 1 is 0.227 bits per heavy atom. The zero-order valence-corrected chi connectivity index (χ0v) is 35.5. The van der Waals surface area contributed by atoms with Crippen molar-refractivity contribution >= 4 is 21.8 Å². The molecule has 0 saturated carbocycles. The van der Waals surface area contributed by atoms with E-state index in [-0.39, 0.29) is 0 Å². The van der Waals surface area contributed by atoms with Crippen molar-refractivity contribution in [3.8, 4) is 91.1 Å². The van der Waals surface area contributed by atoms with Gasteiger partial charge < -0.3 is 0 Å². The predicted octanol–water partition coefficient (Wildman–Crippen LogP) is 13.6. The molecule has 12 aromatic rings. The Balaban J connectivity index is 1.23. The lowest BCUT2D eigenvalue weighted by atomic mass is 9.93. The number of fused-ring (bicyclic) bond motifs is 2. The van der Waals surface area contributed by atoms with E-state index in [1.165, 1.54) is 0 Å². The molecule has 8 aromatic carbocycles. The molecule has 0 aliphatic rings. The summed E-state index contributed by atoms with van der Waals surface area (Å²) >= 11 is 0. The van der Waals surface area contributed by atoms with E-state index in [0.29, 0.717) is 35.2 Å². The number of benzene rings is 8. The number of rotatable bonds is 9. The molecule has 8 heteroatoms. The first-order valence-electron chi connectivity index (χ1n) is 21.9. The van der Waals surface area contributed by atoms with Crippen LogP contribution in [0.5, 0.6) is 0 Å². The lowest BCUT2D eigenvalue weighted by Crippen LogP contribution is -2.08. The number of hydrogen-bond acceptors (Lipinski definition) is 6. The van der Waals surface area contributed by atoms with Gasteiger partial charge in [-0.1, -0.05) is 218 Å². The van der Waals surface area contributed by atoms with Crippen molar-refractivity contribution in [1.29, 1.82) is 0 Å². The van der Waals surface area contributed by atoms with Gasteiger partial charge in [-0.3, -0.25) is 9.13 Å². The highest BCUT2D eigenvalue weighted by Gasteiger charge is 2.31. The Kier molecular flexibility index (Phi) is 9.65. The summed E-state index contributed by atoms with van der Waals surface area (Å²) < 4.78 is 4.43. The summed E-state index contributed by atoms with van der Waals surface area (Å²) in [6.07, 6.45) is 0. The molecule has 4 heterocycles. The van der Waals surface area contributed by atoms with E-state index < -0.39 is 0 Å². The van der Waals surface area contributed by atoms with Gasteiger partial charge in [0.15, 0.2) is 23.3 Å². The smallest absolute Gasteiger partial charge is 0.238 e. The Hall–Kier alpha value is -9.14. The van der Waals surface area contributed by atoms with Gasteiger partial charge in [0.1, 0.15) is 0 Å². The maximum Gasteiger partial charge on any atom is 0.238 e.